The van der Waals surface area contributed by atoms with Crippen molar-refractivity contribution in [1.82, 2.24) is 19.5 Å². The predicted molar refractivity (Wildman–Crippen MR) is 131 cm³/mol. The lowest BCUT2D eigenvalue weighted by Crippen LogP contribution is -2.42. The van der Waals surface area contributed by atoms with Gasteiger partial charge in [-0.05, 0) is 43.1 Å². The fourth-order valence-corrected chi connectivity index (χ4v) is 5.33. The second kappa shape index (κ2) is 8.88. The Labute approximate surface area is 191 Å². The van der Waals surface area contributed by atoms with Gasteiger partial charge >= 0.3 is 0 Å². The number of para-hydroxylation sites is 1. The molecule has 1 aliphatic rings. The molecule has 1 saturated heterocycles. The van der Waals surface area contributed by atoms with Gasteiger partial charge in [0.2, 0.25) is 0 Å². The summed E-state index contributed by atoms with van der Waals surface area (Å²) in [6, 6.07) is 13.2. The highest BCUT2D eigenvalue weighted by Gasteiger charge is 2.25. The van der Waals surface area contributed by atoms with Gasteiger partial charge in [-0.1, -0.05) is 26.8 Å². The minimum Gasteiger partial charge on any atom is -0.507 e. The Balaban J connectivity index is 1.40. The van der Waals surface area contributed by atoms with Gasteiger partial charge in [0.1, 0.15) is 11.6 Å². The van der Waals surface area contributed by atoms with E-state index in [0.717, 1.165) is 47.6 Å². The van der Waals surface area contributed by atoms with Gasteiger partial charge in [-0.15, -0.1) is 11.3 Å². The smallest absolute Gasteiger partial charge is 0.263 e. The van der Waals surface area contributed by atoms with Crippen LogP contribution in [0.1, 0.15) is 22.5 Å². The number of fused-ring (bicyclic) bond motifs is 1. The Morgan fingerprint density at radius 2 is 2.03 bits per heavy atom. The van der Waals surface area contributed by atoms with Crippen molar-refractivity contribution in [2.24, 2.45) is 0 Å². The molecule has 1 atom stereocenters. The van der Waals surface area contributed by atoms with Crippen LogP contribution in [0.3, 0.4) is 0 Å². The van der Waals surface area contributed by atoms with Crippen molar-refractivity contribution in [2.45, 2.75) is 18.9 Å². The van der Waals surface area contributed by atoms with Crippen molar-refractivity contribution in [3.63, 3.8) is 0 Å². The van der Waals surface area contributed by atoms with Gasteiger partial charge < -0.3 is 15.3 Å². The van der Waals surface area contributed by atoms with E-state index in [0.29, 0.717) is 19.8 Å². The van der Waals surface area contributed by atoms with E-state index in [1.165, 1.54) is 11.3 Å². The molecule has 32 heavy (non-hydrogen) atoms. The van der Waals surface area contributed by atoms with Crippen molar-refractivity contribution in [3.8, 4) is 17.0 Å². The maximum Gasteiger partial charge on any atom is 0.263 e. The molecule has 0 saturated carbocycles. The number of piperidine rings is 1. The zero-order chi connectivity index (χ0) is 22.1. The van der Waals surface area contributed by atoms with E-state index in [2.05, 4.69) is 17.1 Å². The van der Waals surface area contributed by atoms with Crippen molar-refractivity contribution < 1.29 is 9.90 Å². The van der Waals surface area contributed by atoms with Crippen LogP contribution < -0.4 is 10.6 Å². The number of nitrogens with one attached hydrogen (secondary N) is 1. The van der Waals surface area contributed by atoms with Crippen LogP contribution in [0.2, 0.25) is 0 Å². The molecule has 0 aliphatic carbocycles. The third-order valence-corrected chi connectivity index (χ3v) is 7.54. The summed E-state index contributed by atoms with van der Waals surface area (Å²) in [7, 11) is 0.567. The summed E-state index contributed by atoms with van der Waals surface area (Å²) in [6.45, 7) is 3.55. The predicted octanol–water partition coefficient (Wildman–Crippen LogP) is 3.81. The number of phenols is 1. The first-order valence-corrected chi connectivity index (χ1v) is 13.0. The molecule has 1 unspecified atom stereocenters. The van der Waals surface area contributed by atoms with Crippen LogP contribution in [-0.2, 0) is 0 Å². The number of nitrogens with zero attached hydrogens (tertiary/aromatic N) is 4. The summed E-state index contributed by atoms with van der Waals surface area (Å²) in [4.78, 5) is 20.2. The first-order valence-electron chi connectivity index (χ1n) is 10.6. The van der Waals surface area contributed by atoms with Crippen molar-refractivity contribution in [3.05, 3.63) is 58.9 Å². The quantitative estimate of drug-likeness (QED) is 0.438. The lowest BCUT2D eigenvalue weighted by atomic mass is 10.0. The fourth-order valence-electron chi connectivity index (χ4n) is 4.06. The van der Waals surface area contributed by atoms with E-state index in [4.69, 9.17) is 4.98 Å². The van der Waals surface area contributed by atoms with Crippen LogP contribution >= 0.6 is 19.9 Å². The van der Waals surface area contributed by atoms with E-state index in [9.17, 15) is 9.90 Å². The Hall–Kier alpha value is -2.96. The number of likely N-dealkylation sites (tertiary alicyclic amines) is 1. The van der Waals surface area contributed by atoms with Crippen LogP contribution in [0, 0.1) is 0 Å². The number of carbonyl (C=O) groups excluding carboxylic acids is 1. The number of phenolic OH excluding ortho intramolecular Hbond substituents is 1. The monoisotopic (exact) mass is 465 g/mol. The number of thiophene rings is 1. The van der Waals surface area contributed by atoms with Crippen LogP contribution in [0.15, 0.2) is 54.0 Å². The van der Waals surface area contributed by atoms with Crippen LogP contribution in [0.5, 0.6) is 5.75 Å². The normalized spacial score (nSPS) is 15.1. The van der Waals surface area contributed by atoms with E-state index in [1.807, 2.05) is 51.3 Å². The van der Waals surface area contributed by atoms with Crippen molar-refractivity contribution in [1.29, 1.82) is 0 Å². The number of benzene rings is 1. The lowest BCUT2D eigenvalue weighted by Gasteiger charge is -2.32. The number of hydrogen-bond acceptors (Lipinski definition) is 6. The zero-order valence-electron chi connectivity index (χ0n) is 17.7. The molecule has 4 aromatic rings. The van der Waals surface area contributed by atoms with Crippen LogP contribution in [0.4, 0.5) is 5.82 Å². The van der Waals surface area contributed by atoms with Crippen LogP contribution in [-0.4, -0.2) is 56.3 Å². The minimum atomic E-state index is 0.118. The summed E-state index contributed by atoms with van der Waals surface area (Å²) in [6.07, 6.45) is 3.58. The van der Waals surface area contributed by atoms with E-state index in [1.54, 1.807) is 12.1 Å². The summed E-state index contributed by atoms with van der Waals surface area (Å²) >= 11 is 1.49. The Bertz CT molecular complexity index is 1250. The Morgan fingerprint density at radius 1 is 1.22 bits per heavy atom. The number of carbonyl (C=O) groups is 1. The Kier molecular flexibility index (Phi) is 5.81. The highest BCUT2D eigenvalue weighted by molar-refractivity contribution is 7.46. The highest BCUT2D eigenvalue weighted by atomic mass is 32.1. The summed E-state index contributed by atoms with van der Waals surface area (Å²) < 4.78 is 1.85. The van der Waals surface area contributed by atoms with E-state index in [-0.39, 0.29) is 17.7 Å². The summed E-state index contributed by atoms with van der Waals surface area (Å²) in [5.74, 6) is 1.17. The number of hydrogen-bond donors (Lipinski definition) is 2. The molecule has 164 valence electrons. The maximum atomic E-state index is 12.6. The van der Waals surface area contributed by atoms with Gasteiger partial charge in [0, 0.05) is 36.1 Å². The molecule has 2 N–H and O–H groups in total. The average molecular weight is 466 g/mol. The molecular formula is C23H24N5O2PS. The second-order valence-electron chi connectivity index (χ2n) is 7.78. The van der Waals surface area contributed by atoms with Crippen LogP contribution in [0.25, 0.3) is 16.9 Å². The molecule has 0 spiro atoms. The molecule has 1 amide bonds. The molecule has 5 rings (SSSR count). The number of amides is 1. The number of rotatable bonds is 5. The third kappa shape index (κ3) is 3.96. The lowest BCUT2D eigenvalue weighted by molar-refractivity contribution is 0.0723. The first kappa shape index (κ1) is 20.9. The van der Waals surface area contributed by atoms with E-state index < -0.39 is 0 Å². The van der Waals surface area contributed by atoms with Gasteiger partial charge in [-0.25, -0.2) is 4.98 Å². The SMILES string of the molecule is CPc1cnn2c(NC3CCN(C(=O)c4cccs4)CC3)cc(-c3ccccc3O)nc12. The molecule has 1 aromatic carbocycles. The first-order chi connectivity index (χ1) is 15.6. The highest BCUT2D eigenvalue weighted by Crippen LogP contribution is 2.30. The summed E-state index contributed by atoms with van der Waals surface area (Å²) in [5.41, 5.74) is 2.21. The maximum absolute atomic E-state index is 12.6. The summed E-state index contributed by atoms with van der Waals surface area (Å²) in [5, 5.41) is 21.6. The number of aromatic nitrogens is 3. The standard InChI is InChI=1S/C23H24N5O2PS/c1-31-19-14-24-28-21(13-17(26-22(19)28)16-5-2-3-6-18(16)29)25-15-8-10-27(11-9-15)23(30)20-7-4-12-32-20/h2-7,12-15,25,29,31H,8-11H2,1H3. The minimum absolute atomic E-state index is 0.118. The molecular weight excluding hydrogens is 441 g/mol. The van der Waals surface area contributed by atoms with Gasteiger partial charge in [-0.2, -0.15) is 9.61 Å². The van der Waals surface area contributed by atoms with Gasteiger partial charge in [0.05, 0.1) is 16.8 Å². The number of anilines is 1. The molecule has 0 radical (unpaired) electrons. The molecule has 1 aliphatic heterocycles. The average Bonchev–Trinajstić information content (AvgIpc) is 3.49. The van der Waals surface area contributed by atoms with Gasteiger partial charge in [-0.3, -0.25) is 4.79 Å². The molecule has 1 fully saturated rings. The van der Waals surface area contributed by atoms with E-state index >= 15 is 0 Å². The molecule has 0 bridgehead atoms. The number of aromatic hydroxyl groups is 1. The Morgan fingerprint density at radius 3 is 2.75 bits per heavy atom. The van der Waals surface area contributed by atoms with Gasteiger partial charge in [0.15, 0.2) is 5.65 Å². The third-order valence-electron chi connectivity index (χ3n) is 5.79. The topological polar surface area (TPSA) is 82.8 Å². The van der Waals surface area contributed by atoms with Crippen molar-refractivity contribution in [2.75, 3.05) is 25.1 Å². The zero-order valence-corrected chi connectivity index (χ0v) is 19.5. The molecule has 4 heterocycles. The molecule has 7 nitrogen and oxygen atoms in total. The molecule has 3 aromatic heterocycles. The van der Waals surface area contributed by atoms with Crippen molar-refractivity contribution >= 4 is 42.6 Å². The fraction of sp³-hybridized carbons (Fsp3) is 0.261. The van der Waals surface area contributed by atoms with Gasteiger partial charge in [0.25, 0.3) is 5.91 Å². The largest absolute Gasteiger partial charge is 0.507 e. The second-order valence-corrected chi connectivity index (χ2v) is 9.76. The molecule has 9 heteroatoms.